The number of ether oxygens (including phenoxy) is 1. The quantitative estimate of drug-likeness (QED) is 0.503. The van der Waals surface area contributed by atoms with Gasteiger partial charge in [-0.25, -0.2) is 12.8 Å². The zero-order valence-electron chi connectivity index (χ0n) is 18.8. The van der Waals surface area contributed by atoms with Crippen LogP contribution in [0.4, 0.5) is 10.1 Å². The molecule has 1 amide bonds. The molecule has 0 spiro atoms. The lowest BCUT2D eigenvalue weighted by molar-refractivity contribution is -0.121. The fourth-order valence-electron chi connectivity index (χ4n) is 3.01. The Bertz CT molecular complexity index is 1020. The Balaban J connectivity index is 1.76. The first-order valence-corrected chi connectivity index (χ1v) is 12.5. The van der Waals surface area contributed by atoms with Crippen LogP contribution in [0.5, 0.6) is 5.75 Å². The third-order valence-electron chi connectivity index (χ3n) is 4.77. The molecule has 0 saturated heterocycles. The van der Waals surface area contributed by atoms with Crippen molar-refractivity contribution in [1.82, 2.24) is 5.32 Å². The van der Waals surface area contributed by atoms with Crippen LogP contribution in [0.3, 0.4) is 0 Å². The molecule has 1 N–H and O–H groups in total. The number of hydrogen-bond donors (Lipinski definition) is 1. The zero-order valence-corrected chi connectivity index (χ0v) is 20.4. The largest absolute Gasteiger partial charge is 0.492 e. The number of sulfonamides is 1. The average Bonchev–Trinajstić information content (AvgIpc) is 2.69. The Hall–Kier alpha value is -2.32. The van der Waals surface area contributed by atoms with Gasteiger partial charge in [-0.15, -0.1) is 0 Å². The van der Waals surface area contributed by atoms with E-state index in [-0.39, 0.29) is 35.0 Å². The maximum atomic E-state index is 13.4. The zero-order chi connectivity index (χ0) is 23.9. The summed E-state index contributed by atoms with van der Waals surface area (Å²) in [6, 6.07) is 11.6. The third-order valence-corrected chi connectivity index (χ3v) is 6.25. The van der Waals surface area contributed by atoms with Crippen molar-refractivity contribution in [2.75, 3.05) is 30.3 Å². The number of hydrogen-bond acceptors (Lipinski definition) is 4. The second-order valence-electron chi connectivity index (χ2n) is 8.51. The van der Waals surface area contributed by atoms with Gasteiger partial charge in [0.05, 0.1) is 23.5 Å². The number of carbonyl (C=O) groups excluding carboxylic acids is 1. The van der Waals surface area contributed by atoms with Crippen LogP contribution in [0.2, 0.25) is 5.02 Å². The predicted octanol–water partition coefficient (Wildman–Crippen LogP) is 4.52. The Kier molecular flexibility index (Phi) is 8.92. The minimum absolute atomic E-state index is 0.0716. The van der Waals surface area contributed by atoms with Crippen LogP contribution in [0, 0.1) is 5.82 Å². The highest BCUT2D eigenvalue weighted by Gasteiger charge is 2.19. The van der Waals surface area contributed by atoms with Crippen molar-refractivity contribution in [3.8, 4) is 5.75 Å². The Morgan fingerprint density at radius 2 is 1.81 bits per heavy atom. The van der Waals surface area contributed by atoms with Gasteiger partial charge >= 0.3 is 0 Å². The second-order valence-corrected chi connectivity index (χ2v) is 10.8. The van der Waals surface area contributed by atoms with Gasteiger partial charge in [0.2, 0.25) is 15.9 Å². The molecule has 32 heavy (non-hydrogen) atoms. The monoisotopic (exact) mass is 484 g/mol. The Morgan fingerprint density at radius 3 is 2.38 bits per heavy atom. The first-order chi connectivity index (χ1) is 14.9. The highest BCUT2D eigenvalue weighted by molar-refractivity contribution is 7.92. The van der Waals surface area contributed by atoms with Crippen molar-refractivity contribution in [2.24, 2.45) is 0 Å². The van der Waals surface area contributed by atoms with E-state index in [1.165, 1.54) is 17.7 Å². The number of nitrogens with one attached hydrogen (secondary N) is 1. The number of amides is 1. The summed E-state index contributed by atoms with van der Waals surface area (Å²) in [5.74, 6) is -0.105. The van der Waals surface area contributed by atoms with Crippen LogP contribution in [-0.4, -0.2) is 40.3 Å². The van der Waals surface area contributed by atoms with Gasteiger partial charge in [0.15, 0.2) is 0 Å². The molecular weight excluding hydrogens is 455 g/mol. The van der Waals surface area contributed by atoms with Crippen LogP contribution in [0.1, 0.15) is 39.2 Å². The lowest BCUT2D eigenvalue weighted by atomic mass is 9.87. The standard InChI is InChI=1S/C23H30ClFN2O4S/c1-23(2,3)17-7-10-19(11-8-17)31-15-13-26-22(28)6-5-14-27(32(4,29)30)18-9-12-21(25)20(24)16-18/h7-12,16H,5-6,13-15H2,1-4H3,(H,26,28). The summed E-state index contributed by atoms with van der Waals surface area (Å²) in [6.07, 6.45) is 1.49. The molecular formula is C23H30ClFN2O4S. The smallest absolute Gasteiger partial charge is 0.232 e. The van der Waals surface area contributed by atoms with E-state index >= 15 is 0 Å². The number of anilines is 1. The molecule has 6 nitrogen and oxygen atoms in total. The molecule has 0 fully saturated rings. The first kappa shape index (κ1) is 25.9. The maximum absolute atomic E-state index is 13.4. The summed E-state index contributed by atoms with van der Waals surface area (Å²) < 4.78 is 44.3. The molecule has 9 heteroatoms. The first-order valence-electron chi connectivity index (χ1n) is 10.3. The van der Waals surface area contributed by atoms with E-state index in [0.717, 1.165) is 22.4 Å². The fourth-order valence-corrected chi connectivity index (χ4v) is 4.14. The van der Waals surface area contributed by atoms with Crippen LogP contribution in [0.15, 0.2) is 42.5 Å². The van der Waals surface area contributed by atoms with E-state index in [4.69, 9.17) is 16.3 Å². The van der Waals surface area contributed by atoms with E-state index in [2.05, 4.69) is 26.1 Å². The van der Waals surface area contributed by atoms with E-state index in [9.17, 15) is 17.6 Å². The molecule has 2 rings (SSSR count). The van der Waals surface area contributed by atoms with Gasteiger partial charge in [-0.1, -0.05) is 44.5 Å². The van der Waals surface area contributed by atoms with E-state index in [1.807, 2.05) is 24.3 Å². The summed E-state index contributed by atoms with van der Waals surface area (Å²) >= 11 is 5.76. The average molecular weight is 485 g/mol. The Labute approximate surface area is 194 Å². The molecule has 2 aromatic carbocycles. The number of halogens is 2. The van der Waals surface area contributed by atoms with Gasteiger partial charge < -0.3 is 10.1 Å². The highest BCUT2D eigenvalue weighted by Crippen LogP contribution is 2.25. The van der Waals surface area contributed by atoms with E-state index < -0.39 is 15.8 Å². The van der Waals surface area contributed by atoms with Gasteiger partial charge in [0, 0.05) is 13.0 Å². The van der Waals surface area contributed by atoms with E-state index in [1.54, 1.807) is 0 Å². The Morgan fingerprint density at radius 1 is 1.16 bits per heavy atom. The number of benzene rings is 2. The molecule has 0 bridgehead atoms. The summed E-state index contributed by atoms with van der Waals surface area (Å²) in [5, 5.41) is 2.59. The number of rotatable bonds is 10. The predicted molar refractivity (Wildman–Crippen MR) is 126 cm³/mol. The lowest BCUT2D eigenvalue weighted by Crippen LogP contribution is -2.33. The van der Waals surface area contributed by atoms with Gasteiger partial charge in [0.1, 0.15) is 18.2 Å². The molecule has 2 aromatic rings. The van der Waals surface area contributed by atoms with Crippen molar-refractivity contribution in [3.05, 3.63) is 58.9 Å². The molecule has 0 aliphatic heterocycles. The third kappa shape index (κ3) is 7.98. The fraction of sp³-hybridized carbons (Fsp3) is 0.435. The molecule has 0 aliphatic rings. The summed E-state index contributed by atoms with van der Waals surface area (Å²) in [4.78, 5) is 12.1. The van der Waals surface area contributed by atoms with E-state index in [0.29, 0.717) is 19.6 Å². The SMILES string of the molecule is CC(C)(C)c1ccc(OCCNC(=O)CCCN(c2ccc(F)c(Cl)c2)S(C)(=O)=O)cc1. The molecule has 0 unspecified atom stereocenters. The van der Waals surface area contributed by atoms with Crippen LogP contribution in [-0.2, 0) is 20.2 Å². The molecule has 0 saturated carbocycles. The van der Waals surface area contributed by atoms with Crippen molar-refractivity contribution in [1.29, 1.82) is 0 Å². The maximum Gasteiger partial charge on any atom is 0.232 e. The molecule has 0 atom stereocenters. The minimum Gasteiger partial charge on any atom is -0.492 e. The summed E-state index contributed by atoms with van der Waals surface area (Å²) in [7, 11) is -3.61. The van der Waals surface area contributed by atoms with Crippen molar-refractivity contribution >= 4 is 33.2 Å². The molecule has 0 heterocycles. The number of nitrogens with zero attached hydrogens (tertiary/aromatic N) is 1. The van der Waals surface area contributed by atoms with Crippen molar-refractivity contribution in [3.63, 3.8) is 0 Å². The van der Waals surface area contributed by atoms with Gasteiger partial charge in [-0.2, -0.15) is 0 Å². The van der Waals surface area contributed by atoms with Gasteiger partial charge in [-0.05, 0) is 47.7 Å². The normalized spacial score (nSPS) is 11.8. The van der Waals surface area contributed by atoms with Crippen molar-refractivity contribution < 1.29 is 22.3 Å². The molecule has 0 aromatic heterocycles. The van der Waals surface area contributed by atoms with Crippen LogP contribution >= 0.6 is 11.6 Å². The second kappa shape index (κ2) is 11.0. The topological polar surface area (TPSA) is 75.7 Å². The molecule has 0 radical (unpaired) electrons. The van der Waals surface area contributed by atoms with Gasteiger partial charge in [0.25, 0.3) is 0 Å². The van der Waals surface area contributed by atoms with Crippen LogP contribution in [0.25, 0.3) is 0 Å². The molecule has 0 aliphatic carbocycles. The lowest BCUT2D eigenvalue weighted by Gasteiger charge is -2.22. The summed E-state index contributed by atoms with van der Waals surface area (Å²) in [6.45, 7) is 7.16. The minimum atomic E-state index is -3.61. The molecule has 176 valence electrons. The highest BCUT2D eigenvalue weighted by atomic mass is 35.5. The van der Waals surface area contributed by atoms with Gasteiger partial charge in [-0.3, -0.25) is 9.10 Å². The number of carbonyl (C=O) groups is 1. The van der Waals surface area contributed by atoms with Crippen molar-refractivity contribution in [2.45, 2.75) is 39.0 Å². The van der Waals surface area contributed by atoms with Crippen LogP contribution < -0.4 is 14.4 Å². The summed E-state index contributed by atoms with van der Waals surface area (Å²) in [5.41, 5.74) is 1.54.